The van der Waals surface area contributed by atoms with E-state index in [0.29, 0.717) is 22.8 Å². The fourth-order valence-electron chi connectivity index (χ4n) is 1.41. The number of benzene rings is 1. The van der Waals surface area contributed by atoms with Crippen LogP contribution in [0.25, 0.3) is 0 Å². The molecule has 0 fully saturated rings. The number of hydrogen-bond donors (Lipinski definition) is 2. The maximum atomic E-state index is 11.9. The van der Waals surface area contributed by atoms with E-state index in [-0.39, 0.29) is 5.91 Å². The van der Waals surface area contributed by atoms with Crippen LogP contribution in [0.1, 0.15) is 15.9 Å². The predicted molar refractivity (Wildman–Crippen MR) is 67.8 cm³/mol. The van der Waals surface area contributed by atoms with Crippen LogP contribution >= 0.6 is 0 Å². The normalized spacial score (nSPS) is 9.50. The summed E-state index contributed by atoms with van der Waals surface area (Å²) in [6, 6.07) is 13.3. The molecule has 3 N–H and O–H groups in total. The predicted octanol–water partition coefficient (Wildman–Crippen LogP) is 1.79. The van der Waals surface area contributed by atoms with Gasteiger partial charge in [-0.3, -0.25) is 4.79 Å². The summed E-state index contributed by atoms with van der Waals surface area (Å²) in [4.78, 5) is 15.8. The molecule has 0 saturated heterocycles. The number of nitrogens with one attached hydrogen (secondary N) is 1. The quantitative estimate of drug-likeness (QED) is 0.834. The van der Waals surface area contributed by atoms with Crippen molar-refractivity contribution in [1.82, 2.24) is 4.98 Å². The molecule has 0 bridgehead atoms. The number of hydrogen-bond acceptors (Lipinski definition) is 4. The molecule has 5 heteroatoms. The van der Waals surface area contributed by atoms with Crippen LogP contribution in [0, 0.1) is 11.3 Å². The molecule has 5 nitrogen and oxygen atoms in total. The highest BCUT2D eigenvalue weighted by Crippen LogP contribution is 2.09. The molecule has 0 radical (unpaired) electrons. The molecule has 0 spiro atoms. The number of nitrogens with two attached hydrogens (primary N) is 1. The minimum Gasteiger partial charge on any atom is -0.384 e. The van der Waals surface area contributed by atoms with Crippen LogP contribution < -0.4 is 11.1 Å². The van der Waals surface area contributed by atoms with Crippen molar-refractivity contribution in [2.45, 2.75) is 0 Å². The van der Waals surface area contributed by atoms with Gasteiger partial charge in [0, 0.05) is 5.56 Å². The fourth-order valence-corrected chi connectivity index (χ4v) is 1.41. The lowest BCUT2D eigenvalue weighted by atomic mass is 10.1. The Kier molecular flexibility index (Phi) is 3.21. The number of carbonyl (C=O) groups is 1. The Morgan fingerprint density at radius 2 is 1.94 bits per heavy atom. The summed E-state index contributed by atoms with van der Waals surface area (Å²) in [5.41, 5.74) is 6.48. The van der Waals surface area contributed by atoms with Gasteiger partial charge < -0.3 is 11.1 Å². The van der Waals surface area contributed by atoms with Gasteiger partial charge in [0.25, 0.3) is 5.91 Å². The lowest BCUT2D eigenvalue weighted by Gasteiger charge is -2.04. The van der Waals surface area contributed by atoms with E-state index in [0.717, 1.165) is 0 Å². The summed E-state index contributed by atoms with van der Waals surface area (Å²) in [5, 5.41) is 11.3. The molecule has 0 aliphatic heterocycles. The van der Waals surface area contributed by atoms with Crippen molar-refractivity contribution in [3.63, 3.8) is 0 Å². The van der Waals surface area contributed by atoms with Crippen molar-refractivity contribution in [1.29, 1.82) is 5.26 Å². The van der Waals surface area contributed by atoms with Gasteiger partial charge in [0.1, 0.15) is 11.6 Å². The average molecular weight is 238 g/mol. The monoisotopic (exact) mass is 238 g/mol. The lowest BCUT2D eigenvalue weighted by Crippen LogP contribution is -2.13. The third-order valence-corrected chi connectivity index (χ3v) is 2.29. The molecular weight excluding hydrogens is 228 g/mol. The average Bonchev–Trinajstić information content (AvgIpc) is 2.39. The Hall–Kier alpha value is -2.87. The molecule has 0 unspecified atom stereocenters. The van der Waals surface area contributed by atoms with Crippen molar-refractivity contribution in [2.24, 2.45) is 0 Å². The van der Waals surface area contributed by atoms with Crippen molar-refractivity contribution in [3.05, 3.63) is 53.6 Å². The highest BCUT2D eigenvalue weighted by Gasteiger charge is 2.06. The second kappa shape index (κ2) is 4.97. The highest BCUT2D eigenvalue weighted by atomic mass is 16.1. The fraction of sp³-hybridized carbons (Fsp3) is 0. The number of nitrogens with zero attached hydrogens (tertiary/aromatic N) is 2. The number of carbonyl (C=O) groups excluding carboxylic acids is 1. The Balaban J connectivity index is 2.14. The molecule has 0 aliphatic carbocycles. The van der Waals surface area contributed by atoms with Gasteiger partial charge in [-0.25, -0.2) is 4.98 Å². The zero-order chi connectivity index (χ0) is 13.0. The van der Waals surface area contributed by atoms with Gasteiger partial charge in [-0.05, 0) is 36.4 Å². The van der Waals surface area contributed by atoms with Crippen LogP contribution in [-0.2, 0) is 0 Å². The summed E-state index contributed by atoms with van der Waals surface area (Å²) < 4.78 is 0. The standard InChI is InChI=1S/C13H10N4O/c14-8-9-4-6-10(7-5-9)13(18)17-12-3-1-2-11(15)16-12/h1-7H,(H3,15,16,17,18). The number of rotatable bonds is 2. The molecule has 18 heavy (non-hydrogen) atoms. The van der Waals surface area contributed by atoms with Crippen molar-refractivity contribution >= 4 is 17.5 Å². The molecule has 1 amide bonds. The van der Waals surface area contributed by atoms with Crippen LogP contribution in [0.2, 0.25) is 0 Å². The SMILES string of the molecule is N#Cc1ccc(C(=O)Nc2cccc(N)n2)cc1. The molecule has 0 atom stereocenters. The van der Waals surface area contributed by atoms with Crippen molar-refractivity contribution in [3.8, 4) is 6.07 Å². The van der Waals surface area contributed by atoms with E-state index in [2.05, 4.69) is 10.3 Å². The number of nitrogen functional groups attached to an aromatic ring is 1. The van der Waals surface area contributed by atoms with Gasteiger partial charge in [0.05, 0.1) is 11.6 Å². The van der Waals surface area contributed by atoms with Gasteiger partial charge in [0.15, 0.2) is 0 Å². The third-order valence-electron chi connectivity index (χ3n) is 2.29. The second-order valence-corrected chi connectivity index (χ2v) is 3.59. The summed E-state index contributed by atoms with van der Waals surface area (Å²) >= 11 is 0. The van der Waals surface area contributed by atoms with Gasteiger partial charge >= 0.3 is 0 Å². The first kappa shape index (κ1) is 11.6. The lowest BCUT2D eigenvalue weighted by molar-refractivity contribution is 0.102. The van der Waals surface area contributed by atoms with Gasteiger partial charge in [-0.2, -0.15) is 5.26 Å². The second-order valence-electron chi connectivity index (χ2n) is 3.59. The van der Waals surface area contributed by atoms with E-state index in [1.165, 1.54) is 0 Å². The molecule has 0 aliphatic rings. The largest absolute Gasteiger partial charge is 0.384 e. The molecule has 1 aromatic carbocycles. The van der Waals surface area contributed by atoms with Crippen molar-refractivity contribution < 1.29 is 4.79 Å². The van der Waals surface area contributed by atoms with E-state index >= 15 is 0 Å². The Bertz CT molecular complexity index is 614. The first-order chi connectivity index (χ1) is 8.69. The molecule has 1 aromatic heterocycles. The van der Waals surface area contributed by atoms with Crippen LogP contribution in [0.5, 0.6) is 0 Å². The van der Waals surface area contributed by atoms with Crippen LogP contribution in [-0.4, -0.2) is 10.9 Å². The smallest absolute Gasteiger partial charge is 0.256 e. The topological polar surface area (TPSA) is 91.8 Å². The highest BCUT2D eigenvalue weighted by molar-refractivity contribution is 6.03. The number of nitriles is 1. The zero-order valence-corrected chi connectivity index (χ0v) is 9.42. The van der Waals surface area contributed by atoms with Crippen LogP contribution in [0.4, 0.5) is 11.6 Å². The summed E-state index contributed by atoms with van der Waals surface area (Å²) in [6.07, 6.45) is 0. The molecule has 2 aromatic rings. The third kappa shape index (κ3) is 2.62. The minimum atomic E-state index is -0.294. The van der Waals surface area contributed by atoms with Crippen LogP contribution in [0.15, 0.2) is 42.5 Å². The van der Waals surface area contributed by atoms with Gasteiger partial charge in [-0.15, -0.1) is 0 Å². The number of aromatic nitrogens is 1. The van der Waals surface area contributed by atoms with E-state index in [1.54, 1.807) is 42.5 Å². The van der Waals surface area contributed by atoms with E-state index in [1.807, 2.05) is 6.07 Å². The first-order valence-corrected chi connectivity index (χ1v) is 5.23. The number of pyridine rings is 1. The number of amides is 1. The Morgan fingerprint density at radius 3 is 2.56 bits per heavy atom. The van der Waals surface area contributed by atoms with Gasteiger partial charge in [0.2, 0.25) is 0 Å². The molecule has 2 rings (SSSR count). The van der Waals surface area contributed by atoms with E-state index in [4.69, 9.17) is 11.0 Å². The first-order valence-electron chi connectivity index (χ1n) is 5.23. The zero-order valence-electron chi connectivity index (χ0n) is 9.42. The van der Waals surface area contributed by atoms with Gasteiger partial charge in [-0.1, -0.05) is 6.07 Å². The van der Waals surface area contributed by atoms with Crippen molar-refractivity contribution in [2.75, 3.05) is 11.1 Å². The molecule has 1 heterocycles. The Morgan fingerprint density at radius 1 is 1.22 bits per heavy atom. The van der Waals surface area contributed by atoms with E-state index in [9.17, 15) is 4.79 Å². The summed E-state index contributed by atoms with van der Waals surface area (Å²) in [5.74, 6) is 0.439. The minimum absolute atomic E-state index is 0.294. The molecule has 88 valence electrons. The summed E-state index contributed by atoms with van der Waals surface area (Å²) in [6.45, 7) is 0. The Labute approximate surface area is 104 Å². The maximum absolute atomic E-state index is 11.9. The summed E-state index contributed by atoms with van der Waals surface area (Å²) in [7, 11) is 0. The van der Waals surface area contributed by atoms with Crippen LogP contribution in [0.3, 0.4) is 0 Å². The molecular formula is C13H10N4O. The maximum Gasteiger partial charge on any atom is 0.256 e. The van der Waals surface area contributed by atoms with E-state index < -0.39 is 0 Å². The molecule has 0 saturated carbocycles. The number of anilines is 2.